The smallest absolute Gasteiger partial charge is 0.407 e. The zero-order valence-corrected chi connectivity index (χ0v) is 18.8. The van der Waals surface area contributed by atoms with E-state index < -0.39 is 18.2 Å². The molecule has 2 rings (SSSR count). The second-order valence-electron chi connectivity index (χ2n) is 7.10. The van der Waals surface area contributed by atoms with Crippen LogP contribution in [-0.4, -0.2) is 24.8 Å². The Hall–Kier alpha value is -4.24. The summed E-state index contributed by atoms with van der Waals surface area (Å²) in [6.07, 6.45) is -0.365. The molecular weight excluding hydrogens is 422 g/mol. The first-order valence-corrected chi connectivity index (χ1v) is 10.6. The lowest BCUT2D eigenvalue weighted by Crippen LogP contribution is -2.31. The molecule has 0 aliphatic rings. The van der Waals surface area contributed by atoms with Gasteiger partial charge in [0.25, 0.3) is 0 Å². The van der Waals surface area contributed by atoms with E-state index in [4.69, 9.17) is 21.3 Å². The molecule has 9 nitrogen and oxygen atoms in total. The Balaban J connectivity index is 1.99. The van der Waals surface area contributed by atoms with Gasteiger partial charge in [-0.25, -0.2) is 14.4 Å². The molecule has 0 aliphatic heterocycles. The Morgan fingerprint density at radius 3 is 2.52 bits per heavy atom. The minimum atomic E-state index is -0.603. The summed E-state index contributed by atoms with van der Waals surface area (Å²) < 4.78 is 10.7. The number of carbonyl (C=O) groups is 2. The number of hydrogen-bond acceptors (Lipinski definition) is 5. The standard InChI is InChI=1S/C24H27N5O4/c1-5-20(12-13-25)33-24(31)27-16(3)17-8-7-9-18(14-17)28-23(30)29-19-10-11-21(26-4)22(15-19)32-6-2/h7-11,14-16,20H,5-6,12H2,1-3H3,(H,27,31)(H2,28,29,30). The number of amides is 3. The third kappa shape index (κ3) is 7.75. The third-order valence-electron chi connectivity index (χ3n) is 4.66. The molecule has 3 amide bonds. The normalized spacial score (nSPS) is 11.8. The highest BCUT2D eigenvalue weighted by Crippen LogP contribution is 2.31. The van der Waals surface area contributed by atoms with Gasteiger partial charge in [0.15, 0.2) is 0 Å². The second-order valence-corrected chi connectivity index (χ2v) is 7.10. The molecule has 0 radical (unpaired) electrons. The number of urea groups is 1. The molecule has 9 heteroatoms. The summed E-state index contributed by atoms with van der Waals surface area (Å²) in [6, 6.07) is 13.0. The van der Waals surface area contributed by atoms with Gasteiger partial charge in [-0.05, 0) is 50.1 Å². The van der Waals surface area contributed by atoms with E-state index in [1.54, 1.807) is 43.3 Å². The van der Waals surface area contributed by atoms with E-state index in [1.165, 1.54) is 0 Å². The van der Waals surface area contributed by atoms with Gasteiger partial charge in [-0.2, -0.15) is 5.26 Å². The van der Waals surface area contributed by atoms with Crippen molar-refractivity contribution in [2.75, 3.05) is 17.2 Å². The van der Waals surface area contributed by atoms with Gasteiger partial charge in [0.1, 0.15) is 11.9 Å². The van der Waals surface area contributed by atoms with Crippen LogP contribution in [0.5, 0.6) is 5.75 Å². The van der Waals surface area contributed by atoms with Crippen LogP contribution in [0, 0.1) is 17.9 Å². The zero-order valence-electron chi connectivity index (χ0n) is 18.8. The molecule has 2 unspecified atom stereocenters. The number of hydrogen-bond donors (Lipinski definition) is 3. The second kappa shape index (κ2) is 12.6. The fourth-order valence-corrected chi connectivity index (χ4v) is 2.95. The molecule has 172 valence electrons. The molecule has 0 aliphatic carbocycles. The average Bonchev–Trinajstić information content (AvgIpc) is 2.79. The number of nitriles is 1. The van der Waals surface area contributed by atoms with Crippen LogP contribution in [0.1, 0.15) is 45.2 Å². The maximum atomic E-state index is 12.4. The lowest BCUT2D eigenvalue weighted by Gasteiger charge is -2.18. The van der Waals surface area contributed by atoms with E-state index >= 15 is 0 Å². The van der Waals surface area contributed by atoms with E-state index in [2.05, 4.69) is 20.8 Å². The summed E-state index contributed by atoms with van der Waals surface area (Å²) in [4.78, 5) is 27.9. The van der Waals surface area contributed by atoms with E-state index in [9.17, 15) is 9.59 Å². The predicted octanol–water partition coefficient (Wildman–Crippen LogP) is 5.76. The number of carbonyl (C=O) groups excluding carboxylic acids is 2. The Kier molecular flexibility index (Phi) is 9.54. The molecule has 0 bridgehead atoms. The first-order valence-electron chi connectivity index (χ1n) is 10.6. The van der Waals surface area contributed by atoms with Crippen LogP contribution in [0.25, 0.3) is 4.85 Å². The van der Waals surface area contributed by atoms with Crippen molar-refractivity contribution in [1.82, 2.24) is 5.32 Å². The fourth-order valence-electron chi connectivity index (χ4n) is 2.95. The Bertz CT molecular complexity index is 1060. The lowest BCUT2D eigenvalue weighted by molar-refractivity contribution is 0.0950. The highest BCUT2D eigenvalue weighted by atomic mass is 16.6. The number of benzene rings is 2. The summed E-state index contributed by atoms with van der Waals surface area (Å²) in [7, 11) is 0. The van der Waals surface area contributed by atoms with Crippen LogP contribution in [0.3, 0.4) is 0 Å². The van der Waals surface area contributed by atoms with E-state index in [-0.39, 0.29) is 12.5 Å². The van der Waals surface area contributed by atoms with Gasteiger partial charge in [0, 0.05) is 11.4 Å². The molecule has 0 heterocycles. The molecule has 0 saturated carbocycles. The van der Waals surface area contributed by atoms with Crippen molar-refractivity contribution < 1.29 is 19.1 Å². The highest BCUT2D eigenvalue weighted by molar-refractivity contribution is 6.00. The van der Waals surface area contributed by atoms with Crippen LogP contribution < -0.4 is 20.7 Å². The van der Waals surface area contributed by atoms with Crippen molar-refractivity contribution in [1.29, 1.82) is 5.26 Å². The van der Waals surface area contributed by atoms with Gasteiger partial charge < -0.3 is 25.4 Å². The van der Waals surface area contributed by atoms with Gasteiger partial charge in [0.05, 0.1) is 31.7 Å². The topological polar surface area (TPSA) is 117 Å². The van der Waals surface area contributed by atoms with Gasteiger partial charge in [0.2, 0.25) is 5.69 Å². The third-order valence-corrected chi connectivity index (χ3v) is 4.66. The van der Waals surface area contributed by atoms with Crippen molar-refractivity contribution in [3.63, 3.8) is 0 Å². The Morgan fingerprint density at radius 1 is 1.15 bits per heavy atom. The van der Waals surface area contributed by atoms with Crippen molar-refractivity contribution in [3.05, 3.63) is 59.4 Å². The number of ether oxygens (including phenoxy) is 2. The van der Waals surface area contributed by atoms with Crippen molar-refractivity contribution >= 4 is 29.2 Å². The predicted molar refractivity (Wildman–Crippen MR) is 125 cm³/mol. The minimum Gasteiger partial charge on any atom is -0.505 e. The molecule has 0 spiro atoms. The molecule has 2 aromatic carbocycles. The number of alkyl carbamates (subject to hydrolysis) is 1. The molecule has 2 aromatic rings. The average molecular weight is 450 g/mol. The van der Waals surface area contributed by atoms with Crippen molar-refractivity contribution in [2.45, 2.75) is 45.8 Å². The van der Waals surface area contributed by atoms with Crippen molar-refractivity contribution in [2.24, 2.45) is 0 Å². The minimum absolute atomic E-state index is 0.138. The molecule has 3 N–H and O–H groups in total. The largest absolute Gasteiger partial charge is 0.505 e. The van der Waals surface area contributed by atoms with Crippen molar-refractivity contribution in [3.8, 4) is 11.8 Å². The van der Waals surface area contributed by atoms with Gasteiger partial charge >= 0.3 is 12.1 Å². The Labute approximate surface area is 193 Å². The SMILES string of the molecule is [C-]#[N+]c1ccc(NC(=O)Nc2cccc(C(C)NC(=O)OC(CC)CC#N)c2)cc1OCC. The zero-order chi connectivity index (χ0) is 24.2. The van der Waals surface area contributed by atoms with Gasteiger partial charge in [-0.15, -0.1) is 0 Å². The molecule has 2 atom stereocenters. The quantitative estimate of drug-likeness (QED) is 0.421. The highest BCUT2D eigenvalue weighted by Gasteiger charge is 2.16. The molecule has 0 fully saturated rings. The molecule has 33 heavy (non-hydrogen) atoms. The van der Waals surface area contributed by atoms with Crippen LogP contribution >= 0.6 is 0 Å². The molecule has 0 saturated heterocycles. The number of anilines is 2. The summed E-state index contributed by atoms with van der Waals surface area (Å²) in [5.74, 6) is 0.402. The first-order chi connectivity index (χ1) is 15.9. The summed E-state index contributed by atoms with van der Waals surface area (Å²) in [6.45, 7) is 13.0. The Morgan fingerprint density at radius 2 is 1.88 bits per heavy atom. The van der Waals surface area contributed by atoms with E-state index in [0.29, 0.717) is 35.8 Å². The van der Waals surface area contributed by atoms with Crippen LogP contribution in [0.15, 0.2) is 42.5 Å². The van der Waals surface area contributed by atoms with Crippen LogP contribution in [-0.2, 0) is 4.74 Å². The summed E-state index contributed by atoms with van der Waals surface area (Å²) in [5, 5.41) is 17.0. The maximum Gasteiger partial charge on any atom is 0.407 e. The first kappa shape index (κ1) is 25.0. The van der Waals surface area contributed by atoms with E-state index in [1.807, 2.05) is 26.0 Å². The molecule has 0 aromatic heterocycles. The van der Waals surface area contributed by atoms with E-state index in [0.717, 1.165) is 5.56 Å². The van der Waals surface area contributed by atoms with Gasteiger partial charge in [-0.3, -0.25) is 0 Å². The van der Waals surface area contributed by atoms with Crippen LogP contribution in [0.4, 0.5) is 26.7 Å². The number of rotatable bonds is 9. The number of nitrogens with one attached hydrogen (secondary N) is 3. The number of nitrogens with zero attached hydrogens (tertiary/aromatic N) is 2. The van der Waals surface area contributed by atoms with Gasteiger partial charge in [-0.1, -0.05) is 25.1 Å². The summed E-state index contributed by atoms with van der Waals surface area (Å²) >= 11 is 0. The lowest BCUT2D eigenvalue weighted by atomic mass is 10.1. The monoisotopic (exact) mass is 449 g/mol. The van der Waals surface area contributed by atoms with Crippen LogP contribution in [0.2, 0.25) is 0 Å². The molecular formula is C24H27N5O4. The fraction of sp³-hybridized carbons (Fsp3) is 0.333. The summed E-state index contributed by atoms with van der Waals surface area (Å²) in [5.41, 5.74) is 2.15. The maximum absolute atomic E-state index is 12.4.